The number of nitriles is 1. The van der Waals surface area contributed by atoms with Gasteiger partial charge in [-0.1, -0.05) is 4.49 Å². The summed E-state index contributed by atoms with van der Waals surface area (Å²) >= 11 is 1.08. The van der Waals surface area contributed by atoms with Crippen molar-refractivity contribution in [3.63, 3.8) is 0 Å². The van der Waals surface area contributed by atoms with Gasteiger partial charge in [-0.3, -0.25) is 4.79 Å². The van der Waals surface area contributed by atoms with Gasteiger partial charge in [0, 0.05) is 6.54 Å². The van der Waals surface area contributed by atoms with E-state index < -0.39 is 0 Å². The van der Waals surface area contributed by atoms with Gasteiger partial charge in [0.15, 0.2) is 0 Å². The Bertz CT molecular complexity index is 383. The number of hydrogen-bond acceptors (Lipinski definition) is 5. The van der Waals surface area contributed by atoms with Gasteiger partial charge in [0.2, 0.25) is 0 Å². The van der Waals surface area contributed by atoms with Crippen LogP contribution < -0.4 is 0 Å². The van der Waals surface area contributed by atoms with E-state index in [1.165, 1.54) is 6.20 Å². The molecule has 0 spiro atoms. The lowest BCUT2D eigenvalue weighted by molar-refractivity contribution is 0.0675. The van der Waals surface area contributed by atoms with Crippen LogP contribution in [0.25, 0.3) is 0 Å². The second-order valence-corrected chi connectivity index (χ2v) is 4.21. The van der Waals surface area contributed by atoms with Gasteiger partial charge in [-0.2, -0.15) is 5.26 Å². The molecule has 0 N–H and O–H groups in total. The van der Waals surface area contributed by atoms with Gasteiger partial charge in [0.25, 0.3) is 5.91 Å². The number of carbonyl (C=O) groups is 1. The highest BCUT2D eigenvalue weighted by Crippen LogP contribution is 2.19. The predicted octanol–water partition coefficient (Wildman–Crippen LogP) is 1.06. The van der Waals surface area contributed by atoms with Crippen molar-refractivity contribution in [3.05, 3.63) is 11.1 Å². The summed E-state index contributed by atoms with van der Waals surface area (Å²) in [6, 6.07) is 1.88. The molecule has 2 heterocycles. The summed E-state index contributed by atoms with van der Waals surface area (Å²) in [6.07, 6.45) is 4.21. The summed E-state index contributed by atoms with van der Waals surface area (Å²) in [5.41, 5.74) is 0. The summed E-state index contributed by atoms with van der Waals surface area (Å²) in [5.74, 6) is -0.115. The molecule has 1 amide bonds. The molecule has 1 aromatic heterocycles. The van der Waals surface area contributed by atoms with Gasteiger partial charge in [0.1, 0.15) is 10.9 Å². The lowest BCUT2D eigenvalue weighted by atomic mass is 10.0. The van der Waals surface area contributed by atoms with Crippen LogP contribution in [0, 0.1) is 11.3 Å². The minimum absolute atomic E-state index is 0.115. The Balaban J connectivity index is 2.15. The van der Waals surface area contributed by atoms with Crippen molar-refractivity contribution >= 4 is 17.4 Å². The molecule has 15 heavy (non-hydrogen) atoms. The van der Waals surface area contributed by atoms with E-state index in [1.807, 2.05) is 0 Å². The summed E-state index contributed by atoms with van der Waals surface area (Å²) in [6.45, 7) is 0.662. The molecule has 0 radical (unpaired) electrons. The van der Waals surface area contributed by atoms with Crippen molar-refractivity contribution in [1.82, 2.24) is 14.5 Å². The van der Waals surface area contributed by atoms with Crippen LogP contribution in [0.2, 0.25) is 0 Å². The van der Waals surface area contributed by atoms with E-state index in [9.17, 15) is 4.79 Å². The maximum Gasteiger partial charge on any atom is 0.268 e. The first-order valence-corrected chi connectivity index (χ1v) is 5.58. The highest BCUT2D eigenvalue weighted by molar-refractivity contribution is 7.07. The van der Waals surface area contributed by atoms with Crippen LogP contribution in [0.4, 0.5) is 0 Å². The molecular weight excluding hydrogens is 212 g/mol. The maximum atomic E-state index is 11.9. The molecule has 1 unspecified atom stereocenters. The number of nitrogens with zero attached hydrogens (tertiary/aromatic N) is 4. The fraction of sp³-hybridized carbons (Fsp3) is 0.556. The van der Waals surface area contributed by atoms with Gasteiger partial charge in [-0.15, -0.1) is 5.10 Å². The maximum absolute atomic E-state index is 11.9. The normalized spacial score (nSPS) is 21.0. The number of aromatic nitrogens is 2. The van der Waals surface area contributed by atoms with Gasteiger partial charge in [0.05, 0.1) is 12.3 Å². The molecule has 1 saturated heterocycles. The van der Waals surface area contributed by atoms with Crippen LogP contribution in [0.15, 0.2) is 6.20 Å². The average molecular weight is 222 g/mol. The summed E-state index contributed by atoms with van der Waals surface area (Å²) in [4.78, 5) is 14.1. The summed E-state index contributed by atoms with van der Waals surface area (Å²) in [7, 11) is 0. The van der Waals surface area contributed by atoms with Crippen LogP contribution in [-0.2, 0) is 0 Å². The smallest absolute Gasteiger partial charge is 0.268 e. The SMILES string of the molecule is N#CC1CCCCN1C(=O)c1cnns1. The van der Waals surface area contributed by atoms with E-state index in [2.05, 4.69) is 15.7 Å². The van der Waals surface area contributed by atoms with E-state index in [0.29, 0.717) is 11.4 Å². The van der Waals surface area contributed by atoms with Crippen molar-refractivity contribution in [1.29, 1.82) is 5.26 Å². The number of amides is 1. The van der Waals surface area contributed by atoms with Crippen LogP contribution in [0.5, 0.6) is 0 Å². The zero-order valence-corrected chi connectivity index (χ0v) is 8.90. The minimum atomic E-state index is -0.284. The minimum Gasteiger partial charge on any atom is -0.322 e. The summed E-state index contributed by atoms with van der Waals surface area (Å²) < 4.78 is 3.65. The van der Waals surface area contributed by atoms with Crippen LogP contribution in [0.3, 0.4) is 0 Å². The van der Waals surface area contributed by atoms with E-state index in [4.69, 9.17) is 5.26 Å². The Kier molecular flexibility index (Phi) is 2.92. The number of piperidine rings is 1. The van der Waals surface area contributed by atoms with E-state index in [0.717, 1.165) is 30.8 Å². The average Bonchev–Trinajstić information content (AvgIpc) is 2.81. The molecule has 5 nitrogen and oxygen atoms in total. The first-order chi connectivity index (χ1) is 7.33. The number of rotatable bonds is 1. The Hall–Kier alpha value is -1.48. The zero-order chi connectivity index (χ0) is 10.7. The molecule has 0 aromatic carbocycles. The number of carbonyl (C=O) groups excluding carboxylic acids is 1. The first kappa shape index (κ1) is 10.1. The van der Waals surface area contributed by atoms with Crippen LogP contribution in [-0.4, -0.2) is 33.0 Å². The lowest BCUT2D eigenvalue weighted by Crippen LogP contribution is -2.42. The number of likely N-dealkylation sites (tertiary alicyclic amines) is 1. The molecular formula is C9H10N4OS. The Morgan fingerprint density at radius 2 is 2.53 bits per heavy atom. The fourth-order valence-electron chi connectivity index (χ4n) is 1.71. The largest absolute Gasteiger partial charge is 0.322 e. The Labute approximate surface area is 91.5 Å². The third-order valence-corrected chi connectivity index (χ3v) is 3.14. The highest BCUT2D eigenvalue weighted by Gasteiger charge is 2.28. The second-order valence-electron chi connectivity index (χ2n) is 3.42. The first-order valence-electron chi connectivity index (χ1n) is 4.81. The fourth-order valence-corrected chi connectivity index (χ4v) is 2.18. The van der Waals surface area contributed by atoms with Crippen LogP contribution in [0.1, 0.15) is 28.9 Å². The molecule has 0 aliphatic carbocycles. The lowest BCUT2D eigenvalue weighted by Gasteiger charge is -2.30. The monoisotopic (exact) mass is 222 g/mol. The van der Waals surface area contributed by atoms with Crippen LogP contribution >= 0.6 is 11.5 Å². The molecule has 0 saturated carbocycles. The predicted molar refractivity (Wildman–Crippen MR) is 54.2 cm³/mol. The third-order valence-electron chi connectivity index (χ3n) is 2.48. The zero-order valence-electron chi connectivity index (χ0n) is 8.09. The van der Waals surface area contributed by atoms with Crippen molar-refractivity contribution in [3.8, 4) is 6.07 Å². The molecule has 1 aliphatic rings. The summed E-state index contributed by atoms with van der Waals surface area (Å²) in [5, 5.41) is 12.6. The van der Waals surface area contributed by atoms with E-state index in [-0.39, 0.29) is 11.9 Å². The van der Waals surface area contributed by atoms with E-state index >= 15 is 0 Å². The molecule has 2 rings (SSSR count). The molecule has 1 aliphatic heterocycles. The molecule has 1 fully saturated rings. The molecule has 1 atom stereocenters. The van der Waals surface area contributed by atoms with Crippen molar-refractivity contribution in [2.45, 2.75) is 25.3 Å². The number of hydrogen-bond donors (Lipinski definition) is 0. The van der Waals surface area contributed by atoms with Crippen molar-refractivity contribution in [2.24, 2.45) is 0 Å². The van der Waals surface area contributed by atoms with Crippen molar-refractivity contribution < 1.29 is 4.79 Å². The Morgan fingerprint density at radius 3 is 3.20 bits per heavy atom. The van der Waals surface area contributed by atoms with Gasteiger partial charge in [-0.25, -0.2) is 0 Å². The van der Waals surface area contributed by atoms with Crippen molar-refractivity contribution in [2.75, 3.05) is 6.54 Å². The van der Waals surface area contributed by atoms with Gasteiger partial charge < -0.3 is 4.90 Å². The molecule has 1 aromatic rings. The highest BCUT2D eigenvalue weighted by atomic mass is 32.1. The van der Waals surface area contributed by atoms with Gasteiger partial charge >= 0.3 is 0 Å². The third kappa shape index (κ3) is 1.97. The quantitative estimate of drug-likeness (QED) is 0.712. The molecule has 0 bridgehead atoms. The molecule has 6 heteroatoms. The molecule has 78 valence electrons. The van der Waals surface area contributed by atoms with Gasteiger partial charge in [-0.05, 0) is 30.8 Å². The van der Waals surface area contributed by atoms with E-state index in [1.54, 1.807) is 4.90 Å². The standard InChI is InChI=1S/C9H10N4OS/c10-5-7-3-1-2-4-13(7)9(14)8-6-11-12-15-8/h6-7H,1-4H2. The Morgan fingerprint density at radius 1 is 1.67 bits per heavy atom. The topological polar surface area (TPSA) is 69.9 Å². The second kappa shape index (κ2) is 4.36.